The van der Waals surface area contributed by atoms with Gasteiger partial charge >= 0.3 is 0 Å². The first-order chi connectivity index (χ1) is 17.0. The molecule has 1 amide bonds. The summed E-state index contributed by atoms with van der Waals surface area (Å²) in [6, 6.07) is 17.2. The van der Waals surface area contributed by atoms with E-state index in [1.807, 2.05) is 24.3 Å². The molecule has 36 heavy (non-hydrogen) atoms. The van der Waals surface area contributed by atoms with Gasteiger partial charge in [-0.1, -0.05) is 68.8 Å². The molecule has 3 aromatic rings. The van der Waals surface area contributed by atoms with Crippen molar-refractivity contribution in [2.45, 2.75) is 38.8 Å². The summed E-state index contributed by atoms with van der Waals surface area (Å²) in [5.74, 6) is -2.04. The van der Waals surface area contributed by atoms with E-state index in [9.17, 15) is 19.1 Å². The highest BCUT2D eigenvalue weighted by Gasteiger charge is 2.46. The quantitative estimate of drug-likeness (QED) is 0.246. The van der Waals surface area contributed by atoms with Crippen molar-refractivity contribution in [3.63, 3.8) is 0 Å². The summed E-state index contributed by atoms with van der Waals surface area (Å²) in [7, 11) is 1.44. The minimum atomic E-state index is -0.868. The van der Waals surface area contributed by atoms with Crippen LogP contribution in [0.1, 0.15) is 49.1 Å². The van der Waals surface area contributed by atoms with Crippen LogP contribution in [0.15, 0.2) is 72.3 Å². The number of likely N-dealkylation sites (tertiary alicyclic amines) is 1. The summed E-state index contributed by atoms with van der Waals surface area (Å²) in [6.07, 6.45) is 0. The number of ketones is 1. The van der Waals surface area contributed by atoms with Crippen molar-refractivity contribution in [3.05, 3.63) is 105 Å². The summed E-state index contributed by atoms with van der Waals surface area (Å²) < 4.78 is 18.8. The molecule has 4 rings (SSSR count). The Kier molecular flexibility index (Phi) is 6.92. The molecule has 0 aromatic heterocycles. The first kappa shape index (κ1) is 25.5. The van der Waals surface area contributed by atoms with Gasteiger partial charge in [-0.15, -0.1) is 0 Å². The summed E-state index contributed by atoms with van der Waals surface area (Å²) in [4.78, 5) is 28.0. The van der Waals surface area contributed by atoms with E-state index in [-0.39, 0.29) is 28.9 Å². The van der Waals surface area contributed by atoms with Crippen LogP contribution in [0.5, 0.6) is 5.75 Å². The molecule has 1 fully saturated rings. The van der Waals surface area contributed by atoms with Crippen LogP contribution in [0.2, 0.25) is 5.02 Å². The first-order valence-corrected chi connectivity index (χ1v) is 11.9. The lowest BCUT2D eigenvalue weighted by molar-refractivity contribution is -0.140. The van der Waals surface area contributed by atoms with Gasteiger partial charge in [0.05, 0.1) is 24.3 Å². The standard InChI is InChI=1S/C29H27ClFNO4/c1-29(2,3)19-9-7-18(8-10-19)25-24(26(33)22-15-20(30)11-14-23(22)36-4)27(34)28(35)32(25)16-17-5-12-21(31)13-6-17/h5-15,25,33H,16H2,1-4H3/b26-24+. The molecule has 1 unspecified atom stereocenters. The van der Waals surface area contributed by atoms with Gasteiger partial charge in [0.15, 0.2) is 0 Å². The van der Waals surface area contributed by atoms with Crippen molar-refractivity contribution in [2.75, 3.05) is 7.11 Å². The number of methoxy groups -OCH3 is 1. The second kappa shape index (κ2) is 9.78. The minimum absolute atomic E-state index is 0.0556. The van der Waals surface area contributed by atoms with Crippen molar-refractivity contribution in [2.24, 2.45) is 0 Å². The van der Waals surface area contributed by atoms with E-state index in [0.29, 0.717) is 21.9 Å². The minimum Gasteiger partial charge on any atom is -0.507 e. The molecule has 7 heteroatoms. The number of aliphatic hydroxyl groups excluding tert-OH is 1. The molecular weight excluding hydrogens is 481 g/mol. The molecular formula is C29H27ClFNO4. The lowest BCUT2D eigenvalue weighted by Gasteiger charge is -2.27. The molecule has 1 aliphatic heterocycles. The zero-order valence-corrected chi connectivity index (χ0v) is 21.3. The van der Waals surface area contributed by atoms with Gasteiger partial charge in [0, 0.05) is 11.6 Å². The topological polar surface area (TPSA) is 66.8 Å². The molecule has 1 atom stereocenters. The van der Waals surface area contributed by atoms with E-state index < -0.39 is 23.5 Å². The van der Waals surface area contributed by atoms with Crippen molar-refractivity contribution in [1.29, 1.82) is 0 Å². The number of hydrogen-bond acceptors (Lipinski definition) is 4. The SMILES string of the molecule is COc1ccc(Cl)cc1/C(O)=C1\C(=O)C(=O)N(Cc2ccc(F)cc2)C1c1ccc(C(C)(C)C)cc1. The Morgan fingerprint density at radius 3 is 2.25 bits per heavy atom. The van der Waals surface area contributed by atoms with Crippen LogP contribution >= 0.6 is 11.6 Å². The molecule has 1 aliphatic rings. The number of carbonyl (C=O) groups excluding carboxylic acids is 2. The molecule has 1 N–H and O–H groups in total. The zero-order valence-electron chi connectivity index (χ0n) is 20.5. The van der Waals surface area contributed by atoms with Crippen LogP contribution in [0.25, 0.3) is 5.76 Å². The van der Waals surface area contributed by atoms with Gasteiger partial charge in [0.1, 0.15) is 17.3 Å². The van der Waals surface area contributed by atoms with E-state index in [1.54, 1.807) is 24.3 Å². The smallest absolute Gasteiger partial charge is 0.295 e. The number of aliphatic hydroxyl groups is 1. The van der Waals surface area contributed by atoms with Gasteiger partial charge in [0.2, 0.25) is 0 Å². The monoisotopic (exact) mass is 507 g/mol. The summed E-state index contributed by atoms with van der Waals surface area (Å²) in [5, 5.41) is 11.7. The molecule has 0 spiro atoms. The van der Waals surface area contributed by atoms with Crippen LogP contribution in [0.4, 0.5) is 4.39 Å². The highest BCUT2D eigenvalue weighted by atomic mass is 35.5. The van der Waals surface area contributed by atoms with E-state index in [4.69, 9.17) is 16.3 Å². The van der Waals surface area contributed by atoms with Crippen molar-refractivity contribution < 1.29 is 23.8 Å². The van der Waals surface area contributed by atoms with E-state index in [2.05, 4.69) is 20.8 Å². The maximum absolute atomic E-state index is 13.5. The molecule has 5 nitrogen and oxygen atoms in total. The fraction of sp³-hybridized carbons (Fsp3) is 0.241. The first-order valence-electron chi connectivity index (χ1n) is 11.5. The average molecular weight is 508 g/mol. The molecule has 0 saturated carbocycles. The molecule has 1 saturated heterocycles. The number of halogens is 2. The van der Waals surface area contributed by atoms with Crippen molar-refractivity contribution in [1.82, 2.24) is 4.90 Å². The van der Waals surface area contributed by atoms with Gasteiger partial charge in [-0.3, -0.25) is 9.59 Å². The number of amides is 1. The third-order valence-corrected chi connectivity index (χ3v) is 6.55. The van der Waals surface area contributed by atoms with Gasteiger partial charge in [0.25, 0.3) is 11.7 Å². The lowest BCUT2D eigenvalue weighted by atomic mass is 9.85. The Balaban J connectivity index is 1.89. The predicted molar refractivity (Wildman–Crippen MR) is 137 cm³/mol. The lowest BCUT2D eigenvalue weighted by Crippen LogP contribution is -2.29. The Morgan fingerprint density at radius 2 is 1.67 bits per heavy atom. The predicted octanol–water partition coefficient (Wildman–Crippen LogP) is 6.41. The van der Waals surface area contributed by atoms with Gasteiger partial charge < -0.3 is 14.7 Å². The maximum Gasteiger partial charge on any atom is 0.295 e. The van der Waals surface area contributed by atoms with Crippen LogP contribution in [-0.4, -0.2) is 28.8 Å². The summed E-state index contributed by atoms with van der Waals surface area (Å²) in [5.41, 5.74) is 2.44. The number of benzene rings is 3. The van der Waals surface area contributed by atoms with E-state index >= 15 is 0 Å². The summed E-state index contributed by atoms with van der Waals surface area (Å²) >= 11 is 6.17. The molecule has 3 aromatic carbocycles. The summed E-state index contributed by atoms with van der Waals surface area (Å²) in [6.45, 7) is 6.33. The van der Waals surface area contributed by atoms with Crippen molar-refractivity contribution >= 4 is 29.1 Å². The Labute approximate surface area is 214 Å². The van der Waals surface area contributed by atoms with E-state index in [0.717, 1.165) is 5.56 Å². The molecule has 0 aliphatic carbocycles. The normalized spacial score (nSPS) is 17.5. The fourth-order valence-electron chi connectivity index (χ4n) is 4.35. The fourth-order valence-corrected chi connectivity index (χ4v) is 4.52. The Morgan fingerprint density at radius 1 is 1.03 bits per heavy atom. The third-order valence-electron chi connectivity index (χ3n) is 6.32. The van der Waals surface area contributed by atoms with Gasteiger partial charge in [-0.2, -0.15) is 0 Å². The van der Waals surface area contributed by atoms with Crippen molar-refractivity contribution in [3.8, 4) is 5.75 Å². The van der Waals surface area contributed by atoms with Crippen LogP contribution in [-0.2, 0) is 21.5 Å². The number of rotatable bonds is 5. The molecule has 186 valence electrons. The second-order valence-electron chi connectivity index (χ2n) is 9.77. The largest absolute Gasteiger partial charge is 0.507 e. The molecule has 0 bridgehead atoms. The molecule has 0 radical (unpaired) electrons. The third kappa shape index (κ3) is 4.86. The zero-order chi connectivity index (χ0) is 26.2. The average Bonchev–Trinajstić information content (AvgIpc) is 3.09. The maximum atomic E-state index is 13.5. The Bertz CT molecular complexity index is 1340. The highest BCUT2D eigenvalue weighted by Crippen LogP contribution is 2.42. The Hall–Kier alpha value is -3.64. The molecule has 1 heterocycles. The van der Waals surface area contributed by atoms with Crippen LogP contribution < -0.4 is 4.74 Å². The number of ether oxygens (including phenoxy) is 1. The van der Waals surface area contributed by atoms with Gasteiger partial charge in [-0.25, -0.2) is 4.39 Å². The number of nitrogens with zero attached hydrogens (tertiary/aromatic N) is 1. The van der Waals surface area contributed by atoms with E-state index in [1.165, 1.54) is 30.2 Å². The number of Topliss-reactive ketones (excluding diaryl/α,β-unsaturated/α-hetero) is 1. The van der Waals surface area contributed by atoms with Crippen LogP contribution in [0, 0.1) is 5.82 Å². The van der Waals surface area contributed by atoms with Gasteiger partial charge in [-0.05, 0) is 52.4 Å². The number of hydrogen-bond donors (Lipinski definition) is 1. The number of carbonyl (C=O) groups is 2. The van der Waals surface area contributed by atoms with Crippen LogP contribution in [0.3, 0.4) is 0 Å². The second-order valence-corrected chi connectivity index (χ2v) is 10.2. The highest BCUT2D eigenvalue weighted by molar-refractivity contribution is 6.46.